The Morgan fingerprint density at radius 2 is 1.43 bits per heavy atom. The lowest BCUT2D eigenvalue weighted by Gasteiger charge is -2.19. The molecule has 3 aromatic rings. The summed E-state index contributed by atoms with van der Waals surface area (Å²) in [6.07, 6.45) is -0.858. The Morgan fingerprint density at radius 1 is 0.857 bits per heavy atom. The Bertz CT molecular complexity index is 935. The van der Waals surface area contributed by atoms with E-state index in [4.69, 9.17) is 9.84 Å². The molecule has 0 aliphatic heterocycles. The summed E-state index contributed by atoms with van der Waals surface area (Å²) in [6.45, 7) is 2.17. The van der Waals surface area contributed by atoms with Crippen LogP contribution in [0.15, 0.2) is 78.9 Å². The van der Waals surface area contributed by atoms with Gasteiger partial charge in [-0.05, 0) is 42.3 Å². The summed E-state index contributed by atoms with van der Waals surface area (Å²) in [6, 6.07) is 23.5. The lowest BCUT2D eigenvalue weighted by atomic mass is 10.0. The smallest absolute Gasteiger partial charge is 0.335 e. The minimum Gasteiger partial charge on any atom is -0.478 e. The Hall–Kier alpha value is -3.44. The number of carboxylic acids is 1. The molecule has 0 fully saturated rings. The number of carboxylic acid groups (broad SMARTS) is 1. The van der Waals surface area contributed by atoms with Gasteiger partial charge < -0.3 is 15.2 Å². The standard InChI is InChI=1S/C23H21NO4/c1-2-28-22(24-20-14-12-19(13-15-20)23(26)27)21(25)18-10-8-17(9-11-18)16-6-4-3-5-7-16/h3-15,22,24H,2H2,1H3,(H,26,27)/t22-/m0/s1. The third-order valence-corrected chi connectivity index (χ3v) is 4.28. The molecule has 0 amide bonds. The molecule has 2 N–H and O–H groups in total. The molecule has 5 heteroatoms. The second kappa shape index (κ2) is 8.97. The number of nitrogens with one attached hydrogen (secondary N) is 1. The molecule has 3 rings (SSSR count). The van der Waals surface area contributed by atoms with Gasteiger partial charge in [0.15, 0.2) is 6.23 Å². The summed E-state index contributed by atoms with van der Waals surface area (Å²) in [4.78, 5) is 23.8. The number of carbonyl (C=O) groups excluding carboxylic acids is 1. The molecule has 0 unspecified atom stereocenters. The van der Waals surface area contributed by atoms with Crippen LogP contribution in [0.5, 0.6) is 0 Å². The van der Waals surface area contributed by atoms with Crippen LogP contribution >= 0.6 is 0 Å². The van der Waals surface area contributed by atoms with Crippen LogP contribution in [0.2, 0.25) is 0 Å². The van der Waals surface area contributed by atoms with Crippen molar-refractivity contribution >= 4 is 17.4 Å². The zero-order valence-corrected chi connectivity index (χ0v) is 15.5. The number of hydrogen-bond acceptors (Lipinski definition) is 4. The molecule has 0 saturated heterocycles. The molecule has 3 aromatic carbocycles. The molecule has 0 aliphatic carbocycles. The summed E-state index contributed by atoms with van der Waals surface area (Å²) in [5.74, 6) is -1.19. The van der Waals surface area contributed by atoms with E-state index in [2.05, 4.69) is 5.32 Å². The topological polar surface area (TPSA) is 75.6 Å². The van der Waals surface area contributed by atoms with E-state index in [0.717, 1.165) is 11.1 Å². The van der Waals surface area contributed by atoms with Crippen molar-refractivity contribution in [3.05, 3.63) is 90.0 Å². The Kier molecular flexibility index (Phi) is 6.19. The maximum absolute atomic E-state index is 12.9. The van der Waals surface area contributed by atoms with Crippen LogP contribution in [0.3, 0.4) is 0 Å². The lowest BCUT2D eigenvalue weighted by Crippen LogP contribution is -2.32. The molecule has 0 aliphatic rings. The van der Waals surface area contributed by atoms with Gasteiger partial charge in [0.05, 0.1) is 5.56 Å². The SMILES string of the molecule is CCO[C@H](Nc1ccc(C(=O)O)cc1)C(=O)c1ccc(-c2ccccc2)cc1. The van der Waals surface area contributed by atoms with Gasteiger partial charge in [0.25, 0.3) is 0 Å². The number of aromatic carboxylic acids is 1. The van der Waals surface area contributed by atoms with E-state index >= 15 is 0 Å². The van der Waals surface area contributed by atoms with Gasteiger partial charge in [-0.1, -0.05) is 54.6 Å². The fourth-order valence-corrected chi connectivity index (χ4v) is 2.82. The predicted octanol–water partition coefficient (Wildman–Crippen LogP) is 4.71. The van der Waals surface area contributed by atoms with E-state index < -0.39 is 12.2 Å². The molecule has 1 atom stereocenters. The first-order valence-corrected chi connectivity index (χ1v) is 8.99. The second-order valence-electron chi connectivity index (χ2n) is 6.17. The Balaban J connectivity index is 1.76. The number of rotatable bonds is 8. The van der Waals surface area contributed by atoms with Crippen molar-refractivity contribution in [2.75, 3.05) is 11.9 Å². The number of benzene rings is 3. The van der Waals surface area contributed by atoms with Crippen molar-refractivity contribution in [3.8, 4) is 11.1 Å². The van der Waals surface area contributed by atoms with Crippen molar-refractivity contribution in [2.24, 2.45) is 0 Å². The first-order valence-electron chi connectivity index (χ1n) is 8.99. The third-order valence-electron chi connectivity index (χ3n) is 4.28. The molecular weight excluding hydrogens is 354 g/mol. The van der Waals surface area contributed by atoms with Crippen molar-refractivity contribution in [1.29, 1.82) is 0 Å². The number of ketones is 1. The van der Waals surface area contributed by atoms with Gasteiger partial charge in [-0.15, -0.1) is 0 Å². The molecule has 0 saturated carbocycles. The average Bonchev–Trinajstić information content (AvgIpc) is 2.74. The minimum absolute atomic E-state index is 0.182. The summed E-state index contributed by atoms with van der Waals surface area (Å²) in [5.41, 5.74) is 3.44. The maximum Gasteiger partial charge on any atom is 0.335 e. The van der Waals surface area contributed by atoms with E-state index in [1.165, 1.54) is 12.1 Å². The molecule has 0 spiro atoms. The summed E-state index contributed by atoms with van der Waals surface area (Å²) in [5, 5.41) is 12.0. The van der Waals surface area contributed by atoms with Gasteiger partial charge in [-0.25, -0.2) is 4.79 Å². The van der Waals surface area contributed by atoms with Gasteiger partial charge >= 0.3 is 5.97 Å². The van der Waals surface area contributed by atoms with Crippen LogP contribution in [0.25, 0.3) is 11.1 Å². The van der Waals surface area contributed by atoms with Crippen LogP contribution in [0.1, 0.15) is 27.6 Å². The molecule has 28 heavy (non-hydrogen) atoms. The number of anilines is 1. The highest BCUT2D eigenvalue weighted by Crippen LogP contribution is 2.20. The van der Waals surface area contributed by atoms with E-state index in [0.29, 0.717) is 17.9 Å². The molecular formula is C23H21NO4. The van der Waals surface area contributed by atoms with Crippen molar-refractivity contribution in [1.82, 2.24) is 0 Å². The molecule has 142 valence electrons. The minimum atomic E-state index is -0.998. The van der Waals surface area contributed by atoms with Gasteiger partial charge in [0.1, 0.15) is 0 Å². The van der Waals surface area contributed by atoms with Gasteiger partial charge in [-0.2, -0.15) is 0 Å². The summed E-state index contributed by atoms with van der Waals surface area (Å²) in [7, 11) is 0. The third kappa shape index (κ3) is 4.64. The average molecular weight is 375 g/mol. The van der Waals surface area contributed by atoms with Crippen molar-refractivity contribution < 1.29 is 19.4 Å². The zero-order valence-electron chi connectivity index (χ0n) is 15.5. The summed E-state index contributed by atoms with van der Waals surface area (Å²) < 4.78 is 5.58. The monoisotopic (exact) mass is 375 g/mol. The van der Waals surface area contributed by atoms with E-state index in [1.54, 1.807) is 24.3 Å². The molecule has 0 aromatic heterocycles. The van der Waals surface area contributed by atoms with Crippen molar-refractivity contribution in [3.63, 3.8) is 0 Å². The van der Waals surface area contributed by atoms with Crippen LogP contribution in [0, 0.1) is 0 Å². The van der Waals surface area contributed by atoms with E-state index in [1.807, 2.05) is 49.4 Å². The molecule has 0 heterocycles. The van der Waals surface area contributed by atoms with Crippen LogP contribution < -0.4 is 5.32 Å². The van der Waals surface area contributed by atoms with Crippen LogP contribution in [-0.4, -0.2) is 29.7 Å². The normalized spacial score (nSPS) is 11.6. The Labute approximate surface area is 163 Å². The quantitative estimate of drug-likeness (QED) is 0.440. The lowest BCUT2D eigenvalue weighted by molar-refractivity contribution is 0.0549. The van der Waals surface area contributed by atoms with Crippen molar-refractivity contribution in [2.45, 2.75) is 13.2 Å². The first-order chi connectivity index (χ1) is 13.6. The van der Waals surface area contributed by atoms with E-state index in [-0.39, 0.29) is 11.3 Å². The number of Topliss-reactive ketones (excluding diaryl/α,β-unsaturated/α-hetero) is 1. The molecule has 5 nitrogen and oxygen atoms in total. The fraction of sp³-hybridized carbons (Fsp3) is 0.130. The second-order valence-corrected chi connectivity index (χ2v) is 6.17. The van der Waals surface area contributed by atoms with Crippen LogP contribution in [-0.2, 0) is 4.74 Å². The maximum atomic E-state index is 12.9. The Morgan fingerprint density at radius 3 is 2.00 bits per heavy atom. The predicted molar refractivity (Wildman–Crippen MR) is 109 cm³/mol. The molecule has 0 radical (unpaired) electrons. The van der Waals surface area contributed by atoms with Crippen LogP contribution in [0.4, 0.5) is 5.69 Å². The first kappa shape index (κ1) is 19.3. The van der Waals surface area contributed by atoms with E-state index in [9.17, 15) is 9.59 Å². The largest absolute Gasteiger partial charge is 0.478 e. The van der Waals surface area contributed by atoms with Gasteiger partial charge in [-0.3, -0.25) is 4.79 Å². The van der Waals surface area contributed by atoms with Gasteiger partial charge in [0, 0.05) is 17.9 Å². The molecule has 0 bridgehead atoms. The fourth-order valence-electron chi connectivity index (χ4n) is 2.82. The highest BCUT2D eigenvalue weighted by Gasteiger charge is 2.20. The number of carbonyl (C=O) groups is 2. The highest BCUT2D eigenvalue weighted by molar-refractivity contribution is 6.01. The summed E-state index contributed by atoms with van der Waals surface area (Å²) >= 11 is 0. The number of ether oxygens (including phenoxy) is 1. The number of hydrogen-bond donors (Lipinski definition) is 2. The van der Waals surface area contributed by atoms with Gasteiger partial charge in [0.2, 0.25) is 5.78 Å². The highest BCUT2D eigenvalue weighted by atomic mass is 16.5. The zero-order chi connectivity index (χ0) is 19.9.